The van der Waals surface area contributed by atoms with E-state index in [1.165, 1.54) is 37.2 Å². The molecule has 3 aliphatic heterocycles. The Balaban J connectivity index is 1.68. The van der Waals surface area contributed by atoms with Crippen molar-refractivity contribution < 1.29 is 0 Å². The van der Waals surface area contributed by atoms with Gasteiger partial charge in [-0.3, -0.25) is 9.91 Å². The van der Waals surface area contributed by atoms with Crippen molar-refractivity contribution in [2.45, 2.75) is 25.8 Å². The minimum atomic E-state index is 0.407. The summed E-state index contributed by atoms with van der Waals surface area (Å²) < 4.78 is 0. The van der Waals surface area contributed by atoms with Gasteiger partial charge in [0.25, 0.3) is 0 Å². The van der Waals surface area contributed by atoms with E-state index in [1.54, 1.807) is 0 Å². The van der Waals surface area contributed by atoms with E-state index < -0.39 is 0 Å². The Morgan fingerprint density at radius 3 is 2.84 bits per heavy atom. The standard InChI is InChI=1S/C15H24N4/c1-13-9-15(5-6-16-13)19-12-14(10-17(19)2)11-18-7-3-4-8-18/h5-6,9,12-13,16H,3-4,7-8,10-11H2,1-2H3. The zero-order chi connectivity index (χ0) is 13.2. The third-order valence-electron chi connectivity index (χ3n) is 4.03. The van der Waals surface area contributed by atoms with Crippen LogP contribution in [-0.2, 0) is 0 Å². The molecule has 3 heterocycles. The molecule has 4 heteroatoms. The van der Waals surface area contributed by atoms with Gasteiger partial charge in [0.15, 0.2) is 0 Å². The van der Waals surface area contributed by atoms with E-state index in [9.17, 15) is 0 Å². The molecular weight excluding hydrogens is 236 g/mol. The molecule has 19 heavy (non-hydrogen) atoms. The second-order valence-electron chi connectivity index (χ2n) is 5.81. The average molecular weight is 260 g/mol. The van der Waals surface area contributed by atoms with Crippen LogP contribution in [0.1, 0.15) is 19.8 Å². The van der Waals surface area contributed by atoms with Gasteiger partial charge in [0.1, 0.15) is 0 Å². The van der Waals surface area contributed by atoms with E-state index in [0.29, 0.717) is 6.04 Å². The lowest BCUT2D eigenvalue weighted by Gasteiger charge is -2.28. The van der Waals surface area contributed by atoms with Crippen LogP contribution in [0.4, 0.5) is 0 Å². The van der Waals surface area contributed by atoms with E-state index >= 15 is 0 Å². The second-order valence-corrected chi connectivity index (χ2v) is 5.81. The molecule has 3 aliphatic rings. The second kappa shape index (κ2) is 5.39. The van der Waals surface area contributed by atoms with Gasteiger partial charge in [-0.15, -0.1) is 0 Å². The Labute approximate surface area is 116 Å². The van der Waals surface area contributed by atoms with Gasteiger partial charge in [0, 0.05) is 32.4 Å². The molecule has 1 saturated heterocycles. The van der Waals surface area contributed by atoms with Crippen LogP contribution in [0, 0.1) is 0 Å². The number of hydrogen-bond acceptors (Lipinski definition) is 4. The molecule has 0 aromatic heterocycles. The predicted octanol–water partition coefficient (Wildman–Crippen LogP) is 1.52. The van der Waals surface area contributed by atoms with Gasteiger partial charge in [-0.1, -0.05) is 0 Å². The first-order valence-corrected chi connectivity index (χ1v) is 7.29. The number of hydrogen-bond donors (Lipinski definition) is 1. The van der Waals surface area contributed by atoms with Gasteiger partial charge in [-0.05, 0) is 56.8 Å². The summed E-state index contributed by atoms with van der Waals surface area (Å²) in [5.74, 6) is 0. The Hall–Kier alpha value is -1.26. The van der Waals surface area contributed by atoms with Gasteiger partial charge >= 0.3 is 0 Å². The van der Waals surface area contributed by atoms with Crippen LogP contribution in [0.5, 0.6) is 0 Å². The molecule has 0 bridgehead atoms. The number of nitrogens with one attached hydrogen (secondary N) is 1. The fourth-order valence-corrected chi connectivity index (χ4v) is 3.07. The van der Waals surface area contributed by atoms with E-state index in [0.717, 1.165) is 13.1 Å². The number of likely N-dealkylation sites (tertiary alicyclic amines) is 1. The highest BCUT2D eigenvalue weighted by atomic mass is 15.6. The summed E-state index contributed by atoms with van der Waals surface area (Å²) in [4.78, 5) is 2.57. The van der Waals surface area contributed by atoms with E-state index in [1.807, 2.05) is 6.20 Å². The SMILES string of the molecule is CC1C=C(N2C=C(CN3CCCC3)CN2C)C=CN1. The molecule has 0 aromatic rings. The molecule has 0 aliphatic carbocycles. The molecule has 0 radical (unpaired) electrons. The van der Waals surface area contributed by atoms with Crippen LogP contribution in [0.3, 0.4) is 0 Å². The van der Waals surface area contributed by atoms with E-state index in [4.69, 9.17) is 0 Å². The van der Waals surface area contributed by atoms with Gasteiger partial charge in [-0.25, -0.2) is 5.01 Å². The molecule has 0 spiro atoms. The number of nitrogens with zero attached hydrogens (tertiary/aromatic N) is 3. The van der Waals surface area contributed by atoms with E-state index in [2.05, 4.69) is 52.6 Å². The zero-order valence-corrected chi connectivity index (χ0v) is 12.0. The number of dihydropyridines is 1. The van der Waals surface area contributed by atoms with E-state index in [-0.39, 0.29) is 0 Å². The average Bonchev–Trinajstić information content (AvgIpc) is 3.00. The Morgan fingerprint density at radius 1 is 1.32 bits per heavy atom. The zero-order valence-electron chi connectivity index (χ0n) is 12.0. The molecule has 1 N–H and O–H groups in total. The van der Waals surface area contributed by atoms with Crippen LogP contribution in [0.2, 0.25) is 0 Å². The van der Waals surface area contributed by atoms with Crippen LogP contribution in [0.15, 0.2) is 35.8 Å². The number of allylic oxidation sites excluding steroid dienone is 1. The first kappa shape index (κ1) is 12.8. The summed E-state index contributed by atoms with van der Waals surface area (Å²) in [6.45, 7) is 6.89. The van der Waals surface area contributed by atoms with Crippen molar-refractivity contribution in [2.24, 2.45) is 0 Å². The lowest BCUT2D eigenvalue weighted by molar-refractivity contribution is 0.128. The van der Waals surface area contributed by atoms with Crippen molar-refractivity contribution in [3.63, 3.8) is 0 Å². The molecule has 104 valence electrons. The first-order chi connectivity index (χ1) is 9.22. The molecule has 0 saturated carbocycles. The normalized spacial score (nSPS) is 28.5. The molecule has 0 amide bonds. The van der Waals surface area contributed by atoms with Gasteiger partial charge in [0.2, 0.25) is 0 Å². The summed E-state index contributed by atoms with van der Waals surface area (Å²) in [7, 11) is 2.16. The molecular formula is C15H24N4. The van der Waals surface area contributed by atoms with Crippen molar-refractivity contribution in [3.8, 4) is 0 Å². The molecule has 1 atom stereocenters. The maximum Gasteiger partial charge on any atom is 0.0568 e. The summed E-state index contributed by atoms with van der Waals surface area (Å²) in [5.41, 5.74) is 2.79. The lowest BCUT2D eigenvalue weighted by Crippen LogP contribution is -2.33. The monoisotopic (exact) mass is 260 g/mol. The smallest absolute Gasteiger partial charge is 0.0568 e. The third kappa shape index (κ3) is 2.85. The Bertz CT molecular complexity index is 418. The Morgan fingerprint density at radius 2 is 2.11 bits per heavy atom. The largest absolute Gasteiger partial charge is 0.385 e. The molecule has 0 aromatic carbocycles. The highest BCUT2D eigenvalue weighted by Crippen LogP contribution is 2.22. The molecule has 1 unspecified atom stereocenters. The van der Waals surface area contributed by atoms with Gasteiger partial charge in [0.05, 0.1) is 5.70 Å². The van der Waals surface area contributed by atoms with Crippen LogP contribution in [0.25, 0.3) is 0 Å². The minimum Gasteiger partial charge on any atom is -0.385 e. The Kier molecular flexibility index (Phi) is 3.62. The summed E-state index contributed by atoms with van der Waals surface area (Å²) in [5, 5.41) is 7.86. The predicted molar refractivity (Wildman–Crippen MR) is 78.0 cm³/mol. The quantitative estimate of drug-likeness (QED) is 0.830. The van der Waals surface area contributed by atoms with Crippen LogP contribution >= 0.6 is 0 Å². The van der Waals surface area contributed by atoms with Crippen molar-refractivity contribution in [1.29, 1.82) is 0 Å². The van der Waals surface area contributed by atoms with Gasteiger partial charge in [-0.2, -0.15) is 0 Å². The van der Waals surface area contributed by atoms with Crippen LogP contribution < -0.4 is 5.32 Å². The van der Waals surface area contributed by atoms with Crippen molar-refractivity contribution in [3.05, 3.63) is 35.8 Å². The number of likely N-dealkylation sites (N-methyl/N-ethyl adjacent to an activating group) is 1. The fourth-order valence-electron chi connectivity index (χ4n) is 3.07. The number of hydrazine groups is 1. The lowest BCUT2D eigenvalue weighted by atomic mass is 10.2. The first-order valence-electron chi connectivity index (χ1n) is 7.29. The van der Waals surface area contributed by atoms with Crippen LogP contribution in [-0.4, -0.2) is 54.2 Å². The van der Waals surface area contributed by atoms with Crippen molar-refractivity contribution in [1.82, 2.24) is 20.2 Å². The molecule has 4 nitrogen and oxygen atoms in total. The topological polar surface area (TPSA) is 21.8 Å². The summed E-state index contributed by atoms with van der Waals surface area (Å²) in [6.07, 6.45) is 11.5. The van der Waals surface area contributed by atoms with Crippen molar-refractivity contribution >= 4 is 0 Å². The maximum absolute atomic E-state index is 3.29. The molecule has 3 rings (SSSR count). The van der Waals surface area contributed by atoms with Crippen molar-refractivity contribution in [2.75, 3.05) is 33.2 Å². The molecule has 1 fully saturated rings. The third-order valence-corrected chi connectivity index (χ3v) is 4.03. The highest BCUT2D eigenvalue weighted by Gasteiger charge is 2.23. The summed E-state index contributed by atoms with van der Waals surface area (Å²) >= 11 is 0. The van der Waals surface area contributed by atoms with Gasteiger partial charge < -0.3 is 5.32 Å². The minimum absolute atomic E-state index is 0.407. The number of rotatable bonds is 3. The maximum atomic E-state index is 3.29. The fraction of sp³-hybridized carbons (Fsp3) is 0.600. The summed E-state index contributed by atoms with van der Waals surface area (Å²) in [6, 6.07) is 0.407. The highest BCUT2D eigenvalue weighted by molar-refractivity contribution is 5.27.